The zero-order valence-corrected chi connectivity index (χ0v) is 52.3. The fourth-order valence-electron chi connectivity index (χ4n) is 8.57. The van der Waals surface area contributed by atoms with Crippen LogP contribution in [0.5, 0.6) is 0 Å². The number of rotatable bonds is 28. The van der Waals surface area contributed by atoms with Crippen LogP contribution in [-0.4, -0.2) is 129 Å². The SMILES string of the molecule is C.C.C=O.C=O.CC.CC.CCCC(C)CCCCC(=O)NCCOC=O.CCCCN(C)CCOC(=O)C(C)(CC(C)(C)C)C(C)(C)C(C)(C)C(C)(C)C(C)(C)C(C)(C)C(C)C(=O)OCCO.COC.COC. The maximum absolute atomic E-state index is 14.2. The standard InChI is InChI=1S/C35H69NO5.C13H25NO3.2C2H6O.2C2H6.2CH2O.2CH4/c1-18-19-20-36(17)21-23-41-28(39)35(16,25-29(3,4)5)34(14,15)33(12,13)32(10,11)31(8,9)30(6,7)26(2)27(38)40-24-22-37;1-3-6-12(2)7-4-5-8-13(16)14-9-10-17-11-15;2*1-3-2;4*1-2;;/h26,37H,18-25H2,1-17H3;11-12H,3-10H2,1-2H3,(H,14,16);2*1-2H3;2*1-2H3;2*1H2;2*1H4. The third-order valence-corrected chi connectivity index (χ3v) is 15.1. The van der Waals surface area contributed by atoms with E-state index in [1.807, 2.05) is 48.2 Å². The van der Waals surface area contributed by atoms with E-state index >= 15 is 0 Å². The molecule has 0 heterocycles. The number of hydrogen-bond acceptors (Lipinski definition) is 13. The Bertz CT molecular complexity index is 1280. The van der Waals surface area contributed by atoms with Crippen LogP contribution in [0.2, 0.25) is 0 Å². The molecule has 3 unspecified atom stereocenters. The number of carbonyl (C=O) groups is 6. The van der Waals surface area contributed by atoms with E-state index in [2.05, 4.69) is 149 Å². The van der Waals surface area contributed by atoms with Crippen LogP contribution in [0, 0.1) is 49.7 Å². The number of nitrogens with zero attached hydrogens (tertiary/aromatic N) is 1. The van der Waals surface area contributed by atoms with E-state index in [9.17, 15) is 24.3 Å². The Kier molecular flexibility index (Phi) is 65.9. The van der Waals surface area contributed by atoms with Gasteiger partial charge in [-0.25, -0.2) is 0 Å². The highest BCUT2D eigenvalue weighted by Crippen LogP contribution is 2.69. The summed E-state index contributed by atoms with van der Waals surface area (Å²) < 4.78 is 24.4. The van der Waals surface area contributed by atoms with Gasteiger partial charge in [0.2, 0.25) is 5.91 Å². The van der Waals surface area contributed by atoms with Gasteiger partial charge in [-0.05, 0) is 78.2 Å². The van der Waals surface area contributed by atoms with E-state index in [1.54, 1.807) is 28.4 Å². The molecule has 452 valence electrons. The number of hydrogen-bond donors (Lipinski definition) is 2. The van der Waals surface area contributed by atoms with Crippen molar-refractivity contribution in [3.8, 4) is 0 Å². The maximum Gasteiger partial charge on any atom is 0.312 e. The summed E-state index contributed by atoms with van der Waals surface area (Å²) in [5.41, 5.74) is -2.91. The summed E-state index contributed by atoms with van der Waals surface area (Å²) in [6.45, 7) is 54.6. The second-order valence-corrected chi connectivity index (χ2v) is 22.0. The number of ether oxygens (including phenoxy) is 5. The lowest BCUT2D eigenvalue weighted by atomic mass is 9.37. The third-order valence-electron chi connectivity index (χ3n) is 15.1. The van der Waals surface area contributed by atoms with Crippen molar-refractivity contribution in [2.75, 3.05) is 81.5 Å². The van der Waals surface area contributed by atoms with Gasteiger partial charge in [-0.1, -0.05) is 192 Å². The number of likely N-dealkylation sites (N-methyl/N-ethyl adjacent to an activating group) is 1. The van der Waals surface area contributed by atoms with Gasteiger partial charge in [0, 0.05) is 41.4 Å². The summed E-state index contributed by atoms with van der Waals surface area (Å²) in [5.74, 6) is -0.0113. The lowest BCUT2D eigenvalue weighted by molar-refractivity contribution is -0.207. The van der Waals surface area contributed by atoms with Crippen LogP contribution < -0.4 is 5.32 Å². The van der Waals surface area contributed by atoms with Gasteiger partial charge in [0.15, 0.2) is 0 Å². The molecule has 0 rings (SSSR count). The normalized spacial score (nSPS) is 12.6. The first-order valence-electron chi connectivity index (χ1n) is 26.6. The summed E-state index contributed by atoms with van der Waals surface area (Å²) in [6.07, 6.45) is 9.29. The van der Waals surface area contributed by atoms with Crippen LogP contribution in [0.3, 0.4) is 0 Å². The maximum atomic E-state index is 14.2. The molecule has 0 aliphatic carbocycles. The zero-order chi connectivity index (χ0) is 59.2. The van der Waals surface area contributed by atoms with Crippen molar-refractivity contribution in [1.29, 1.82) is 0 Å². The van der Waals surface area contributed by atoms with Gasteiger partial charge in [0.05, 0.1) is 24.5 Å². The average molecular weight is 1070 g/mol. The van der Waals surface area contributed by atoms with Crippen molar-refractivity contribution in [3.63, 3.8) is 0 Å². The van der Waals surface area contributed by atoms with Crippen molar-refractivity contribution in [2.24, 2.45) is 49.7 Å². The van der Waals surface area contributed by atoms with Gasteiger partial charge in [-0.3, -0.25) is 19.2 Å². The molecule has 0 aliphatic heterocycles. The quantitative estimate of drug-likeness (QED) is 0.0327. The molecule has 1 amide bonds. The molecule has 0 aromatic carbocycles. The molecule has 0 saturated carbocycles. The second-order valence-electron chi connectivity index (χ2n) is 22.0. The van der Waals surface area contributed by atoms with Gasteiger partial charge >= 0.3 is 11.9 Å². The van der Waals surface area contributed by atoms with E-state index in [-0.39, 0.29) is 74.2 Å². The molecular weight excluding hydrogens is 941 g/mol. The molecule has 0 aromatic heterocycles. The van der Waals surface area contributed by atoms with Crippen molar-refractivity contribution < 1.29 is 57.6 Å². The van der Waals surface area contributed by atoms with Crippen LogP contribution in [-0.2, 0) is 52.5 Å². The van der Waals surface area contributed by atoms with Crippen molar-refractivity contribution in [3.05, 3.63) is 0 Å². The molecule has 0 aliphatic rings. The van der Waals surface area contributed by atoms with E-state index in [0.29, 0.717) is 32.5 Å². The molecule has 2 N–H and O–H groups in total. The van der Waals surface area contributed by atoms with E-state index in [4.69, 9.17) is 19.1 Å². The Morgan fingerprint density at radius 1 is 0.635 bits per heavy atom. The smallest absolute Gasteiger partial charge is 0.312 e. The summed E-state index contributed by atoms with van der Waals surface area (Å²) >= 11 is 0. The highest BCUT2D eigenvalue weighted by Gasteiger charge is 2.66. The first-order valence-corrected chi connectivity index (χ1v) is 26.6. The minimum Gasteiger partial charge on any atom is -0.466 e. The Labute approximate surface area is 460 Å². The average Bonchev–Trinajstić information content (AvgIpc) is 3.32. The zero-order valence-electron chi connectivity index (χ0n) is 52.3. The fraction of sp³-hybridized carbons (Fsp3) is 0.900. The number of unbranched alkanes of at least 4 members (excludes halogenated alkanes) is 2. The fourth-order valence-corrected chi connectivity index (χ4v) is 8.57. The minimum absolute atomic E-state index is 0. The molecule has 14 nitrogen and oxygen atoms in total. The van der Waals surface area contributed by atoms with Crippen LogP contribution in [0.4, 0.5) is 0 Å². The van der Waals surface area contributed by atoms with E-state index < -0.39 is 22.2 Å². The van der Waals surface area contributed by atoms with Crippen molar-refractivity contribution >= 4 is 37.9 Å². The first-order chi connectivity index (χ1) is 33.3. The molecule has 0 saturated heterocycles. The topological polar surface area (TPSA) is 184 Å². The number of carbonyl (C=O) groups excluding carboxylic acids is 6. The number of nitrogens with one attached hydrogen (secondary N) is 1. The first kappa shape index (κ1) is 93.6. The van der Waals surface area contributed by atoms with Crippen molar-refractivity contribution in [2.45, 2.75) is 225 Å². The predicted octanol–water partition coefficient (Wildman–Crippen LogP) is 13.8. The number of aliphatic hydroxyl groups excluding tert-OH is 1. The monoisotopic (exact) mass is 1070 g/mol. The van der Waals surface area contributed by atoms with Crippen LogP contribution in [0.15, 0.2) is 0 Å². The number of amides is 1. The molecule has 0 spiro atoms. The lowest BCUT2D eigenvalue weighted by Crippen LogP contribution is -2.63. The Hall–Kier alpha value is -2.94. The predicted molar refractivity (Wildman–Crippen MR) is 315 cm³/mol. The molecular formula is C60H130N2O12. The molecule has 0 aromatic rings. The Morgan fingerprint density at radius 3 is 1.47 bits per heavy atom. The summed E-state index contributed by atoms with van der Waals surface area (Å²) in [4.78, 5) is 66.6. The minimum atomic E-state index is -0.764. The highest BCUT2D eigenvalue weighted by molar-refractivity contribution is 5.78. The molecule has 0 bridgehead atoms. The number of esters is 2. The van der Waals surface area contributed by atoms with Gasteiger partial charge in [0.1, 0.15) is 33.4 Å². The van der Waals surface area contributed by atoms with E-state index in [1.165, 1.54) is 19.3 Å². The van der Waals surface area contributed by atoms with E-state index in [0.717, 1.165) is 44.7 Å². The van der Waals surface area contributed by atoms with Gasteiger partial charge in [-0.2, -0.15) is 0 Å². The highest BCUT2D eigenvalue weighted by atomic mass is 16.5. The second kappa shape index (κ2) is 52.1. The molecule has 14 heteroatoms. The molecule has 74 heavy (non-hydrogen) atoms. The Balaban J connectivity index is -0.000000128. The van der Waals surface area contributed by atoms with Gasteiger partial charge in [-0.15, -0.1) is 0 Å². The molecule has 0 radical (unpaired) electrons. The Morgan fingerprint density at radius 2 is 1.08 bits per heavy atom. The lowest BCUT2D eigenvalue weighted by Gasteiger charge is -2.66. The largest absolute Gasteiger partial charge is 0.466 e. The summed E-state index contributed by atoms with van der Waals surface area (Å²) in [6, 6.07) is 0. The van der Waals surface area contributed by atoms with Crippen LogP contribution in [0.25, 0.3) is 0 Å². The van der Waals surface area contributed by atoms with Crippen molar-refractivity contribution in [1.82, 2.24) is 10.2 Å². The summed E-state index contributed by atoms with van der Waals surface area (Å²) in [5, 5.41) is 11.9. The van der Waals surface area contributed by atoms with Crippen LogP contribution >= 0.6 is 0 Å². The molecule has 0 fully saturated rings. The number of methoxy groups -OCH3 is 2. The number of aliphatic hydroxyl groups is 1. The summed E-state index contributed by atoms with van der Waals surface area (Å²) in [7, 11) is 8.58. The van der Waals surface area contributed by atoms with Gasteiger partial charge in [0.25, 0.3) is 6.47 Å². The van der Waals surface area contributed by atoms with Gasteiger partial charge < -0.3 is 48.6 Å². The third kappa shape index (κ3) is 36.2. The van der Waals surface area contributed by atoms with Crippen LogP contribution in [0.1, 0.15) is 225 Å². The molecule has 3 atom stereocenters.